The lowest BCUT2D eigenvalue weighted by Gasteiger charge is -2.30. The number of rotatable bonds is 3. The Morgan fingerprint density at radius 1 is 1.43 bits per heavy atom. The largest absolute Gasteiger partial charge is 0.481 e. The van der Waals surface area contributed by atoms with E-state index < -0.39 is 0 Å². The van der Waals surface area contributed by atoms with E-state index in [1.165, 1.54) is 6.42 Å². The molecule has 1 aliphatic rings. The molecule has 0 atom stereocenters. The third-order valence-corrected chi connectivity index (χ3v) is 2.87. The molecule has 3 heteroatoms. The molecule has 1 rings (SSSR count). The van der Waals surface area contributed by atoms with E-state index in [-0.39, 0.29) is 11.3 Å². The third kappa shape index (κ3) is 2.73. The molecule has 78 valence electrons. The van der Waals surface area contributed by atoms with Gasteiger partial charge in [0.15, 0.2) is 5.90 Å². The Hall–Kier alpha value is -1.04. The van der Waals surface area contributed by atoms with Crippen molar-refractivity contribution in [3.63, 3.8) is 0 Å². The van der Waals surface area contributed by atoms with Gasteiger partial charge in [0.2, 0.25) is 0 Å². The normalized spacial score (nSPS) is 19.7. The van der Waals surface area contributed by atoms with Crippen LogP contribution in [0.1, 0.15) is 45.4 Å². The van der Waals surface area contributed by atoms with Crippen LogP contribution in [-0.2, 0) is 4.74 Å². The summed E-state index contributed by atoms with van der Waals surface area (Å²) in [5, 5.41) is 16.7. The number of nitrogens with one attached hydrogen (secondary N) is 1. The second kappa shape index (κ2) is 4.99. The predicted octanol–water partition coefficient (Wildman–Crippen LogP) is 2.86. The minimum absolute atomic E-state index is 0.274. The number of hydrogen-bond acceptors (Lipinski definition) is 3. The standard InChI is InChI=1S/C11H18N2O/c1-2-14-10(13)8-11(9-12)6-4-3-5-7-11/h13H,2-8H2,1H3. The fourth-order valence-corrected chi connectivity index (χ4v) is 2.09. The summed E-state index contributed by atoms with van der Waals surface area (Å²) in [6.07, 6.45) is 5.82. The van der Waals surface area contributed by atoms with Gasteiger partial charge in [-0.3, -0.25) is 5.41 Å². The molecule has 0 saturated heterocycles. The first-order chi connectivity index (χ1) is 6.72. The van der Waals surface area contributed by atoms with Crippen molar-refractivity contribution in [1.29, 1.82) is 10.7 Å². The Kier molecular flexibility index (Phi) is 3.94. The summed E-state index contributed by atoms with van der Waals surface area (Å²) in [5.41, 5.74) is -0.301. The second-order valence-corrected chi connectivity index (χ2v) is 3.99. The molecule has 0 aromatic rings. The van der Waals surface area contributed by atoms with Gasteiger partial charge >= 0.3 is 0 Å². The van der Waals surface area contributed by atoms with E-state index >= 15 is 0 Å². The van der Waals surface area contributed by atoms with Crippen LogP contribution in [0.4, 0.5) is 0 Å². The smallest absolute Gasteiger partial charge is 0.181 e. The van der Waals surface area contributed by atoms with E-state index in [1.807, 2.05) is 6.92 Å². The van der Waals surface area contributed by atoms with E-state index in [0.717, 1.165) is 25.7 Å². The van der Waals surface area contributed by atoms with Crippen molar-refractivity contribution < 1.29 is 4.74 Å². The molecule has 14 heavy (non-hydrogen) atoms. The van der Waals surface area contributed by atoms with Crippen molar-refractivity contribution in [3.8, 4) is 6.07 Å². The topological polar surface area (TPSA) is 56.9 Å². The Labute approximate surface area is 85.6 Å². The lowest BCUT2D eigenvalue weighted by atomic mass is 9.73. The molecule has 1 saturated carbocycles. The Bertz CT molecular complexity index is 236. The molecule has 0 aromatic heterocycles. The molecule has 0 radical (unpaired) electrons. The van der Waals surface area contributed by atoms with Gasteiger partial charge < -0.3 is 4.74 Å². The number of nitriles is 1. The summed E-state index contributed by atoms with van der Waals surface area (Å²) >= 11 is 0. The molecule has 0 spiro atoms. The van der Waals surface area contributed by atoms with Gasteiger partial charge in [-0.2, -0.15) is 5.26 Å². The van der Waals surface area contributed by atoms with Gasteiger partial charge in [-0.15, -0.1) is 0 Å². The van der Waals surface area contributed by atoms with Crippen molar-refractivity contribution in [2.45, 2.75) is 45.4 Å². The highest BCUT2D eigenvalue weighted by Crippen LogP contribution is 2.38. The van der Waals surface area contributed by atoms with Crippen LogP contribution in [0.15, 0.2) is 0 Å². The fraction of sp³-hybridized carbons (Fsp3) is 0.818. The minimum Gasteiger partial charge on any atom is -0.481 e. The highest BCUT2D eigenvalue weighted by molar-refractivity contribution is 5.73. The first-order valence-corrected chi connectivity index (χ1v) is 5.34. The molecule has 0 unspecified atom stereocenters. The lowest BCUT2D eigenvalue weighted by molar-refractivity contribution is 0.241. The lowest BCUT2D eigenvalue weighted by Crippen LogP contribution is -2.26. The van der Waals surface area contributed by atoms with Crippen LogP contribution in [0, 0.1) is 22.2 Å². The molecule has 3 nitrogen and oxygen atoms in total. The predicted molar refractivity (Wildman–Crippen MR) is 55.1 cm³/mol. The Morgan fingerprint density at radius 2 is 2.07 bits per heavy atom. The summed E-state index contributed by atoms with van der Waals surface area (Å²) in [5.74, 6) is 0.274. The molecule has 0 aromatic carbocycles. The molecule has 0 amide bonds. The van der Waals surface area contributed by atoms with Gasteiger partial charge in [0.1, 0.15) is 0 Å². The first kappa shape index (κ1) is 11.0. The molecular weight excluding hydrogens is 176 g/mol. The molecule has 0 heterocycles. The zero-order valence-corrected chi connectivity index (χ0v) is 8.81. The molecule has 1 fully saturated rings. The van der Waals surface area contributed by atoms with Crippen LogP contribution in [-0.4, -0.2) is 12.5 Å². The zero-order valence-electron chi connectivity index (χ0n) is 8.81. The Balaban J connectivity index is 2.52. The van der Waals surface area contributed by atoms with Crippen molar-refractivity contribution in [2.75, 3.05) is 6.61 Å². The minimum atomic E-state index is -0.301. The molecule has 0 bridgehead atoms. The third-order valence-electron chi connectivity index (χ3n) is 2.87. The van der Waals surface area contributed by atoms with Crippen molar-refractivity contribution in [2.24, 2.45) is 5.41 Å². The number of ether oxygens (including phenoxy) is 1. The zero-order chi connectivity index (χ0) is 10.4. The van der Waals surface area contributed by atoms with E-state index in [4.69, 9.17) is 15.4 Å². The summed E-state index contributed by atoms with van der Waals surface area (Å²) < 4.78 is 5.10. The molecule has 1 aliphatic carbocycles. The molecule has 1 N–H and O–H groups in total. The highest BCUT2D eigenvalue weighted by Gasteiger charge is 2.33. The molecule has 0 aliphatic heterocycles. The maximum atomic E-state index is 9.16. The second-order valence-electron chi connectivity index (χ2n) is 3.99. The maximum absolute atomic E-state index is 9.16. The van der Waals surface area contributed by atoms with E-state index in [0.29, 0.717) is 13.0 Å². The van der Waals surface area contributed by atoms with Crippen LogP contribution in [0.5, 0.6) is 0 Å². The monoisotopic (exact) mass is 194 g/mol. The maximum Gasteiger partial charge on any atom is 0.181 e. The van der Waals surface area contributed by atoms with Crippen molar-refractivity contribution in [3.05, 3.63) is 0 Å². The molecular formula is C11H18N2O. The average Bonchev–Trinajstić information content (AvgIpc) is 2.19. The van der Waals surface area contributed by atoms with E-state index in [1.54, 1.807) is 0 Å². The SMILES string of the molecule is CCOC(=N)CC1(C#N)CCCCC1. The van der Waals surface area contributed by atoms with Crippen LogP contribution in [0.2, 0.25) is 0 Å². The van der Waals surface area contributed by atoms with Gasteiger partial charge in [-0.1, -0.05) is 19.3 Å². The summed E-state index contributed by atoms with van der Waals surface area (Å²) in [6, 6.07) is 2.39. The first-order valence-electron chi connectivity index (χ1n) is 5.34. The fourth-order valence-electron chi connectivity index (χ4n) is 2.09. The number of nitrogens with zero attached hydrogens (tertiary/aromatic N) is 1. The quantitative estimate of drug-likeness (QED) is 0.554. The van der Waals surface area contributed by atoms with Crippen LogP contribution in [0.3, 0.4) is 0 Å². The van der Waals surface area contributed by atoms with Crippen molar-refractivity contribution >= 4 is 5.90 Å². The van der Waals surface area contributed by atoms with Gasteiger partial charge in [0.05, 0.1) is 18.1 Å². The highest BCUT2D eigenvalue weighted by atomic mass is 16.5. The van der Waals surface area contributed by atoms with Gasteiger partial charge in [0, 0.05) is 6.42 Å². The van der Waals surface area contributed by atoms with Gasteiger partial charge in [-0.05, 0) is 19.8 Å². The summed E-state index contributed by atoms with van der Waals surface area (Å²) in [7, 11) is 0. The van der Waals surface area contributed by atoms with Gasteiger partial charge in [-0.25, -0.2) is 0 Å². The van der Waals surface area contributed by atoms with Gasteiger partial charge in [0.25, 0.3) is 0 Å². The summed E-state index contributed by atoms with van der Waals surface area (Å²) in [4.78, 5) is 0. The summed E-state index contributed by atoms with van der Waals surface area (Å²) in [6.45, 7) is 2.40. The Morgan fingerprint density at radius 3 is 2.57 bits per heavy atom. The van der Waals surface area contributed by atoms with Crippen LogP contribution in [0.25, 0.3) is 0 Å². The van der Waals surface area contributed by atoms with E-state index in [9.17, 15) is 0 Å². The van der Waals surface area contributed by atoms with Crippen LogP contribution < -0.4 is 0 Å². The van der Waals surface area contributed by atoms with Crippen molar-refractivity contribution in [1.82, 2.24) is 0 Å². The average molecular weight is 194 g/mol. The number of hydrogen-bond donors (Lipinski definition) is 1. The van der Waals surface area contributed by atoms with E-state index in [2.05, 4.69) is 6.07 Å². The van der Waals surface area contributed by atoms with Crippen LogP contribution >= 0.6 is 0 Å².